The van der Waals surface area contributed by atoms with Crippen LogP contribution in [0.25, 0.3) is 0 Å². The molecule has 110 valence electrons. The van der Waals surface area contributed by atoms with E-state index < -0.39 is 0 Å². The van der Waals surface area contributed by atoms with E-state index in [0.29, 0.717) is 23.8 Å². The van der Waals surface area contributed by atoms with E-state index in [1.165, 1.54) is 0 Å². The number of hydrogen-bond donors (Lipinski definition) is 1. The molecule has 1 aromatic heterocycles. The van der Waals surface area contributed by atoms with Gasteiger partial charge in [0.25, 0.3) is 5.91 Å². The third-order valence-corrected chi connectivity index (χ3v) is 3.84. The first-order chi connectivity index (χ1) is 9.76. The third kappa shape index (κ3) is 3.48. The molecule has 5 heteroatoms. The number of methoxy groups -OCH3 is 1. The van der Waals surface area contributed by atoms with E-state index in [4.69, 9.17) is 4.74 Å². The molecule has 1 amide bonds. The predicted octanol–water partition coefficient (Wildman–Crippen LogP) is 1.55. The lowest BCUT2D eigenvalue weighted by Crippen LogP contribution is -2.39. The SMILES string of the molecule is CCN(CC1CCNCC1)C(=O)c1ccncc1OC. The second-order valence-corrected chi connectivity index (χ2v) is 5.11. The van der Waals surface area contributed by atoms with Crippen molar-refractivity contribution in [1.29, 1.82) is 0 Å². The van der Waals surface area contributed by atoms with Gasteiger partial charge in [0.1, 0.15) is 5.75 Å². The van der Waals surface area contributed by atoms with Crippen molar-refractivity contribution in [3.05, 3.63) is 24.0 Å². The van der Waals surface area contributed by atoms with Crippen molar-refractivity contribution in [2.24, 2.45) is 5.92 Å². The standard InChI is InChI=1S/C15H23N3O2/c1-3-18(11-12-4-7-16-8-5-12)15(19)13-6-9-17-10-14(13)20-2/h6,9-10,12,16H,3-5,7-8,11H2,1-2H3. The molecule has 2 heterocycles. The highest BCUT2D eigenvalue weighted by atomic mass is 16.5. The van der Waals surface area contributed by atoms with Crippen LogP contribution in [0.1, 0.15) is 30.1 Å². The van der Waals surface area contributed by atoms with Crippen LogP contribution in [0.15, 0.2) is 18.5 Å². The smallest absolute Gasteiger partial charge is 0.257 e. The molecule has 1 N–H and O–H groups in total. The number of hydrogen-bond acceptors (Lipinski definition) is 4. The molecule has 2 rings (SSSR count). The lowest BCUT2D eigenvalue weighted by atomic mass is 9.97. The van der Waals surface area contributed by atoms with Crippen LogP contribution in [0.5, 0.6) is 5.75 Å². The molecule has 0 saturated carbocycles. The Morgan fingerprint density at radius 3 is 2.90 bits per heavy atom. The Morgan fingerprint density at radius 2 is 2.25 bits per heavy atom. The summed E-state index contributed by atoms with van der Waals surface area (Å²) in [5, 5.41) is 3.35. The molecule has 1 fully saturated rings. The summed E-state index contributed by atoms with van der Waals surface area (Å²) in [6.45, 7) is 5.66. The number of ether oxygens (including phenoxy) is 1. The summed E-state index contributed by atoms with van der Waals surface area (Å²) in [4.78, 5) is 18.5. The van der Waals surface area contributed by atoms with Gasteiger partial charge >= 0.3 is 0 Å². The van der Waals surface area contributed by atoms with Gasteiger partial charge in [-0.1, -0.05) is 0 Å². The maximum Gasteiger partial charge on any atom is 0.257 e. The van der Waals surface area contributed by atoms with Crippen LogP contribution in [-0.2, 0) is 0 Å². The van der Waals surface area contributed by atoms with Gasteiger partial charge in [-0.3, -0.25) is 9.78 Å². The van der Waals surface area contributed by atoms with Gasteiger partial charge in [-0.05, 0) is 44.8 Å². The van der Waals surface area contributed by atoms with Gasteiger partial charge in [-0.15, -0.1) is 0 Å². The number of rotatable bonds is 5. The van der Waals surface area contributed by atoms with Crippen LogP contribution in [0.4, 0.5) is 0 Å². The Hall–Kier alpha value is -1.62. The highest BCUT2D eigenvalue weighted by molar-refractivity contribution is 5.96. The van der Waals surface area contributed by atoms with E-state index >= 15 is 0 Å². The number of piperidine rings is 1. The fraction of sp³-hybridized carbons (Fsp3) is 0.600. The fourth-order valence-electron chi connectivity index (χ4n) is 2.62. The van der Waals surface area contributed by atoms with Crippen molar-refractivity contribution in [1.82, 2.24) is 15.2 Å². The number of nitrogens with zero attached hydrogens (tertiary/aromatic N) is 2. The lowest BCUT2D eigenvalue weighted by Gasteiger charge is -2.29. The average molecular weight is 277 g/mol. The Balaban J connectivity index is 2.07. The second-order valence-electron chi connectivity index (χ2n) is 5.11. The lowest BCUT2D eigenvalue weighted by molar-refractivity contribution is 0.0723. The Bertz CT molecular complexity index is 444. The van der Waals surface area contributed by atoms with Crippen LogP contribution in [0, 0.1) is 5.92 Å². The highest BCUT2D eigenvalue weighted by Crippen LogP contribution is 2.20. The molecule has 0 bridgehead atoms. The molecule has 0 atom stereocenters. The molecule has 1 saturated heterocycles. The third-order valence-electron chi connectivity index (χ3n) is 3.84. The molecule has 1 aromatic rings. The van der Waals surface area contributed by atoms with E-state index in [0.717, 1.165) is 32.5 Å². The first-order valence-corrected chi connectivity index (χ1v) is 7.24. The first kappa shape index (κ1) is 14.8. The average Bonchev–Trinajstić information content (AvgIpc) is 2.53. The molecule has 0 aliphatic carbocycles. The Labute approximate surface area is 120 Å². The minimum Gasteiger partial charge on any atom is -0.494 e. The van der Waals surface area contributed by atoms with Gasteiger partial charge in [0.15, 0.2) is 0 Å². The van der Waals surface area contributed by atoms with Gasteiger partial charge in [-0.2, -0.15) is 0 Å². The number of nitrogens with one attached hydrogen (secondary N) is 1. The van der Waals surface area contributed by atoms with E-state index in [1.54, 1.807) is 25.6 Å². The predicted molar refractivity (Wildman–Crippen MR) is 78.0 cm³/mol. The maximum atomic E-state index is 12.6. The van der Waals surface area contributed by atoms with Gasteiger partial charge in [0.05, 0.1) is 18.9 Å². The topological polar surface area (TPSA) is 54.5 Å². The van der Waals surface area contributed by atoms with E-state index in [2.05, 4.69) is 10.3 Å². The number of pyridine rings is 1. The van der Waals surface area contributed by atoms with Gasteiger partial charge in [0, 0.05) is 19.3 Å². The van der Waals surface area contributed by atoms with E-state index in [-0.39, 0.29) is 5.91 Å². The van der Waals surface area contributed by atoms with E-state index in [9.17, 15) is 4.79 Å². The minimum absolute atomic E-state index is 0.0327. The second kappa shape index (κ2) is 7.24. The molecule has 5 nitrogen and oxygen atoms in total. The van der Waals surface area contributed by atoms with Crippen LogP contribution in [-0.4, -0.2) is 49.1 Å². The van der Waals surface area contributed by atoms with Crippen molar-refractivity contribution in [3.63, 3.8) is 0 Å². The molecule has 1 aliphatic rings. The summed E-state index contributed by atoms with van der Waals surface area (Å²) in [5.74, 6) is 1.17. The van der Waals surface area contributed by atoms with E-state index in [1.807, 2.05) is 11.8 Å². The summed E-state index contributed by atoms with van der Waals surface area (Å²) in [6, 6.07) is 1.73. The Morgan fingerprint density at radius 1 is 1.50 bits per heavy atom. The minimum atomic E-state index is 0.0327. The fourth-order valence-corrected chi connectivity index (χ4v) is 2.62. The molecular formula is C15H23N3O2. The normalized spacial score (nSPS) is 15.9. The van der Waals surface area contributed by atoms with Crippen LogP contribution in [0.2, 0.25) is 0 Å². The highest BCUT2D eigenvalue weighted by Gasteiger charge is 2.22. The maximum absolute atomic E-state index is 12.6. The Kier molecular flexibility index (Phi) is 5.35. The molecule has 0 spiro atoms. The van der Waals surface area contributed by atoms with Crippen molar-refractivity contribution in [2.75, 3.05) is 33.3 Å². The number of carbonyl (C=O) groups is 1. The van der Waals surface area contributed by atoms with Crippen molar-refractivity contribution in [2.45, 2.75) is 19.8 Å². The van der Waals surface area contributed by atoms with Gasteiger partial charge in [0.2, 0.25) is 0 Å². The van der Waals surface area contributed by atoms with Crippen LogP contribution < -0.4 is 10.1 Å². The zero-order valence-corrected chi connectivity index (χ0v) is 12.3. The van der Waals surface area contributed by atoms with Crippen molar-refractivity contribution >= 4 is 5.91 Å². The monoisotopic (exact) mass is 277 g/mol. The van der Waals surface area contributed by atoms with Crippen LogP contribution >= 0.6 is 0 Å². The summed E-state index contributed by atoms with van der Waals surface area (Å²) in [7, 11) is 1.57. The zero-order chi connectivity index (χ0) is 14.4. The summed E-state index contributed by atoms with van der Waals surface area (Å²) < 4.78 is 5.23. The summed E-state index contributed by atoms with van der Waals surface area (Å²) >= 11 is 0. The van der Waals surface area contributed by atoms with Gasteiger partial charge < -0.3 is 15.0 Å². The summed E-state index contributed by atoms with van der Waals surface area (Å²) in [6.07, 6.45) is 5.49. The molecule has 0 aromatic carbocycles. The zero-order valence-electron chi connectivity index (χ0n) is 12.3. The van der Waals surface area contributed by atoms with Crippen molar-refractivity contribution < 1.29 is 9.53 Å². The molecule has 0 unspecified atom stereocenters. The summed E-state index contributed by atoms with van der Waals surface area (Å²) in [5.41, 5.74) is 0.596. The first-order valence-electron chi connectivity index (χ1n) is 7.24. The molecular weight excluding hydrogens is 254 g/mol. The quantitative estimate of drug-likeness (QED) is 0.887. The molecule has 20 heavy (non-hydrogen) atoms. The largest absolute Gasteiger partial charge is 0.494 e. The van der Waals surface area contributed by atoms with Crippen LogP contribution in [0.3, 0.4) is 0 Å². The van der Waals surface area contributed by atoms with Gasteiger partial charge in [-0.25, -0.2) is 0 Å². The molecule has 1 aliphatic heterocycles. The number of carbonyl (C=O) groups excluding carboxylic acids is 1. The number of aromatic nitrogens is 1. The number of amides is 1. The van der Waals surface area contributed by atoms with Crippen molar-refractivity contribution in [3.8, 4) is 5.75 Å². The molecule has 0 radical (unpaired) electrons.